The maximum atomic E-state index is 13.6. The van der Waals surface area contributed by atoms with Gasteiger partial charge in [0.25, 0.3) is 5.91 Å². The Morgan fingerprint density at radius 3 is 2.29 bits per heavy atom. The number of aliphatic hydroxyl groups excluding tert-OH is 1. The van der Waals surface area contributed by atoms with Crippen LogP contribution in [-0.2, 0) is 11.3 Å². The number of fused-ring (bicyclic) bond motifs is 3. The molecule has 188 valence electrons. The fraction of sp³-hybridized carbons (Fsp3) is 0.417. The molecule has 2 bridgehead atoms. The van der Waals surface area contributed by atoms with E-state index in [0.29, 0.717) is 31.2 Å². The molecule has 0 heterocycles. The van der Waals surface area contributed by atoms with Crippen LogP contribution < -0.4 is 20.7 Å². The van der Waals surface area contributed by atoms with E-state index in [0.717, 1.165) is 6.07 Å². The quantitative estimate of drug-likeness (QED) is 0.435. The lowest BCUT2D eigenvalue weighted by atomic mass is 9.60. The molecule has 0 saturated heterocycles. The second-order valence-corrected chi connectivity index (χ2v) is 9.94. The van der Waals surface area contributed by atoms with Gasteiger partial charge in [0.1, 0.15) is 17.4 Å². The molecular formula is C24H25Cl2F2N3O4. The van der Waals surface area contributed by atoms with E-state index in [1.165, 1.54) is 24.3 Å². The summed E-state index contributed by atoms with van der Waals surface area (Å²) in [6.07, 6.45) is 1.48. The average molecular weight is 528 g/mol. The van der Waals surface area contributed by atoms with Crippen LogP contribution >= 0.6 is 23.2 Å². The van der Waals surface area contributed by atoms with E-state index in [-0.39, 0.29) is 35.4 Å². The first-order valence-electron chi connectivity index (χ1n) is 11.2. The molecule has 3 aliphatic rings. The van der Waals surface area contributed by atoms with E-state index < -0.39 is 40.8 Å². The predicted molar refractivity (Wildman–Crippen MR) is 126 cm³/mol. The summed E-state index contributed by atoms with van der Waals surface area (Å²) in [6, 6.07) is 7.78. The van der Waals surface area contributed by atoms with Crippen LogP contribution in [0.4, 0.5) is 13.6 Å². The normalized spacial score (nSPS) is 25.1. The number of carbonyl (C=O) groups excluding carboxylic acids is 2. The molecule has 35 heavy (non-hydrogen) atoms. The van der Waals surface area contributed by atoms with Gasteiger partial charge in [-0.1, -0.05) is 29.3 Å². The van der Waals surface area contributed by atoms with Gasteiger partial charge in [0.2, 0.25) is 0 Å². The number of halogens is 4. The molecule has 3 saturated carbocycles. The Bertz CT molecular complexity index is 1130. The lowest BCUT2D eigenvalue weighted by Gasteiger charge is -2.56. The van der Waals surface area contributed by atoms with Gasteiger partial charge >= 0.3 is 6.03 Å². The van der Waals surface area contributed by atoms with Crippen LogP contribution in [0.15, 0.2) is 36.4 Å². The Balaban J connectivity index is 1.28. The zero-order valence-electron chi connectivity index (χ0n) is 18.7. The number of aliphatic hydroxyl groups is 1. The number of carbonyl (C=O) groups is 2. The molecule has 7 nitrogen and oxygen atoms in total. The van der Waals surface area contributed by atoms with Crippen LogP contribution in [0.5, 0.6) is 5.75 Å². The molecule has 3 amide bonds. The van der Waals surface area contributed by atoms with Gasteiger partial charge in [0.05, 0.1) is 21.7 Å². The summed E-state index contributed by atoms with van der Waals surface area (Å²) in [7, 11) is 0. The third kappa shape index (κ3) is 5.79. The second kappa shape index (κ2) is 10.2. The highest BCUT2D eigenvalue weighted by molar-refractivity contribution is 6.31. The van der Waals surface area contributed by atoms with Gasteiger partial charge in [-0.05, 0) is 61.9 Å². The van der Waals surface area contributed by atoms with Crippen molar-refractivity contribution in [2.75, 3.05) is 6.61 Å². The summed E-state index contributed by atoms with van der Waals surface area (Å²) in [5.41, 5.74) is -0.845. The van der Waals surface area contributed by atoms with Crippen LogP contribution in [-0.4, -0.2) is 40.8 Å². The van der Waals surface area contributed by atoms with Crippen molar-refractivity contribution in [3.8, 4) is 5.75 Å². The van der Waals surface area contributed by atoms with Gasteiger partial charge in [-0.15, -0.1) is 0 Å². The molecule has 0 aromatic heterocycles. The number of hydrogen-bond acceptors (Lipinski definition) is 4. The molecule has 4 N–H and O–H groups in total. The Hall–Kier alpha value is -2.62. The summed E-state index contributed by atoms with van der Waals surface area (Å²) in [4.78, 5) is 25.0. The Labute approximate surface area is 211 Å². The van der Waals surface area contributed by atoms with Gasteiger partial charge in [0.15, 0.2) is 6.61 Å². The maximum absolute atomic E-state index is 13.6. The highest BCUT2D eigenvalue weighted by Gasteiger charge is 2.55. The van der Waals surface area contributed by atoms with Gasteiger partial charge in [-0.3, -0.25) is 4.79 Å². The first-order chi connectivity index (χ1) is 16.6. The van der Waals surface area contributed by atoms with Crippen molar-refractivity contribution in [3.63, 3.8) is 0 Å². The fourth-order valence-electron chi connectivity index (χ4n) is 4.81. The number of urea groups is 1. The summed E-state index contributed by atoms with van der Waals surface area (Å²) < 4.78 is 32.5. The largest absolute Gasteiger partial charge is 0.484 e. The van der Waals surface area contributed by atoms with Crippen LogP contribution in [0.25, 0.3) is 0 Å². The highest BCUT2D eigenvalue weighted by atomic mass is 35.5. The monoisotopic (exact) mass is 527 g/mol. The topological polar surface area (TPSA) is 99.7 Å². The summed E-state index contributed by atoms with van der Waals surface area (Å²) in [6.45, 7) is -0.220. The zero-order chi connectivity index (χ0) is 25.2. The number of hydrogen-bond donors (Lipinski definition) is 4. The molecule has 11 heteroatoms. The van der Waals surface area contributed by atoms with Crippen LogP contribution in [0.2, 0.25) is 10.0 Å². The first kappa shape index (κ1) is 25.5. The van der Waals surface area contributed by atoms with E-state index in [9.17, 15) is 23.5 Å². The summed E-state index contributed by atoms with van der Waals surface area (Å²) in [5.74, 6) is -1.47. The summed E-state index contributed by atoms with van der Waals surface area (Å²) >= 11 is 11.3. The van der Waals surface area contributed by atoms with Gasteiger partial charge in [0, 0.05) is 18.2 Å². The Morgan fingerprint density at radius 2 is 1.66 bits per heavy atom. The fourth-order valence-corrected chi connectivity index (χ4v) is 5.04. The van der Waals surface area contributed by atoms with Gasteiger partial charge in [-0.25, -0.2) is 13.6 Å². The minimum absolute atomic E-state index is 0.0107. The Kier molecular flexibility index (Phi) is 7.40. The van der Waals surface area contributed by atoms with Crippen molar-refractivity contribution in [2.24, 2.45) is 0 Å². The summed E-state index contributed by atoms with van der Waals surface area (Å²) in [5, 5.41) is 19.4. The van der Waals surface area contributed by atoms with Gasteiger partial charge in [-0.2, -0.15) is 0 Å². The van der Waals surface area contributed by atoms with Crippen molar-refractivity contribution < 1.29 is 28.2 Å². The van der Waals surface area contributed by atoms with Crippen LogP contribution in [0.3, 0.4) is 0 Å². The van der Waals surface area contributed by atoms with Gasteiger partial charge < -0.3 is 25.8 Å². The molecule has 1 atom stereocenters. The van der Waals surface area contributed by atoms with Crippen molar-refractivity contribution in [3.05, 3.63) is 63.6 Å². The first-order valence-corrected chi connectivity index (χ1v) is 11.9. The van der Waals surface area contributed by atoms with E-state index in [4.69, 9.17) is 27.9 Å². The van der Waals surface area contributed by atoms with E-state index >= 15 is 0 Å². The number of ether oxygens (including phenoxy) is 1. The number of benzene rings is 2. The third-order valence-corrected chi connectivity index (χ3v) is 7.40. The van der Waals surface area contributed by atoms with Crippen molar-refractivity contribution in [1.29, 1.82) is 0 Å². The molecule has 3 fully saturated rings. The van der Waals surface area contributed by atoms with Crippen LogP contribution in [0, 0.1) is 11.6 Å². The molecule has 5 rings (SSSR count). The number of amides is 3. The molecule has 2 aromatic rings. The van der Waals surface area contributed by atoms with E-state index in [2.05, 4.69) is 16.0 Å². The standard InChI is InChI=1S/C24H25Cl2F2N3O4/c25-16-3-1-14(9-18(16)27)12-29-22(34)31-23-5-7-24(8-6-23,20(32)11-23)30-21(33)13-35-15-2-4-17(26)19(28)10-15/h1-4,9-10,20,32H,5-8,11-13H2,(H,30,33)(H2,29,31,34)/t20-,23?,24?/m0/s1. The highest BCUT2D eigenvalue weighted by Crippen LogP contribution is 2.47. The SMILES string of the molecule is O=C(COc1ccc(Cl)c(F)c1)NC12CCC(NC(=O)NCc3ccc(Cl)c(F)c3)(CC1)C[C@@H]2O. The maximum Gasteiger partial charge on any atom is 0.315 e. The Morgan fingerprint density at radius 1 is 1.00 bits per heavy atom. The predicted octanol–water partition coefficient (Wildman–Crippen LogP) is 4.08. The lowest BCUT2D eigenvalue weighted by Crippen LogP contribution is -2.70. The van der Waals surface area contributed by atoms with Crippen molar-refractivity contribution in [1.82, 2.24) is 16.0 Å². The molecule has 0 aliphatic heterocycles. The minimum atomic E-state index is -0.868. The molecule has 3 aliphatic carbocycles. The molecular weight excluding hydrogens is 503 g/mol. The molecule has 0 spiro atoms. The molecule has 0 unspecified atom stereocenters. The molecule has 0 radical (unpaired) electrons. The number of nitrogens with one attached hydrogen (secondary N) is 3. The molecule has 2 aromatic carbocycles. The second-order valence-electron chi connectivity index (χ2n) is 9.13. The van der Waals surface area contributed by atoms with E-state index in [1.807, 2.05) is 0 Å². The number of rotatable bonds is 7. The van der Waals surface area contributed by atoms with Crippen molar-refractivity contribution in [2.45, 2.75) is 55.8 Å². The lowest BCUT2D eigenvalue weighted by molar-refractivity contribution is -0.132. The van der Waals surface area contributed by atoms with E-state index in [1.54, 1.807) is 6.07 Å². The third-order valence-electron chi connectivity index (χ3n) is 6.79. The minimum Gasteiger partial charge on any atom is -0.484 e. The average Bonchev–Trinajstić information content (AvgIpc) is 2.82. The smallest absolute Gasteiger partial charge is 0.315 e. The zero-order valence-corrected chi connectivity index (χ0v) is 20.2. The van der Waals surface area contributed by atoms with Crippen molar-refractivity contribution >= 4 is 35.1 Å². The van der Waals surface area contributed by atoms with Crippen LogP contribution in [0.1, 0.15) is 37.7 Å².